The van der Waals surface area contributed by atoms with Crippen LogP contribution in [0.5, 0.6) is 0 Å². The number of aromatic nitrogens is 2. The largest absolute Gasteiger partial charge is 0.459 e. The Bertz CT molecular complexity index is 1060. The molecule has 0 fully saturated rings. The van der Waals surface area contributed by atoms with Gasteiger partial charge in [0, 0.05) is 10.9 Å². The number of carbonyl (C=O) groups is 1. The van der Waals surface area contributed by atoms with E-state index in [-0.39, 0.29) is 18.3 Å². The number of hydrogen-bond acceptors (Lipinski definition) is 7. The summed E-state index contributed by atoms with van der Waals surface area (Å²) in [6.45, 7) is 0.119. The van der Waals surface area contributed by atoms with Gasteiger partial charge in [0.25, 0.3) is 5.22 Å². The van der Waals surface area contributed by atoms with Gasteiger partial charge in [-0.05, 0) is 18.2 Å². The number of benzene rings is 2. The van der Waals surface area contributed by atoms with Crippen LogP contribution in [0.3, 0.4) is 0 Å². The fourth-order valence-corrected chi connectivity index (χ4v) is 4.12. The third kappa shape index (κ3) is 4.32. The number of para-hydroxylation sites is 2. The zero-order valence-electron chi connectivity index (χ0n) is 13.9. The minimum atomic E-state index is -0.352. The molecule has 0 spiro atoms. The van der Waals surface area contributed by atoms with E-state index in [1.165, 1.54) is 23.1 Å². The fourth-order valence-electron chi connectivity index (χ4n) is 2.36. The molecule has 0 saturated carbocycles. The molecule has 4 aromatic rings. The van der Waals surface area contributed by atoms with E-state index in [9.17, 15) is 4.79 Å². The van der Waals surface area contributed by atoms with Crippen molar-refractivity contribution in [2.45, 2.75) is 11.8 Å². The first-order chi connectivity index (χ1) is 13.2. The lowest BCUT2D eigenvalue weighted by atomic mass is 10.2. The van der Waals surface area contributed by atoms with Gasteiger partial charge in [0.05, 0.1) is 10.7 Å². The second-order valence-corrected chi connectivity index (χ2v) is 7.71. The van der Waals surface area contributed by atoms with E-state index in [2.05, 4.69) is 9.97 Å². The Kier molecular flexibility index (Phi) is 5.42. The van der Waals surface area contributed by atoms with Crippen LogP contribution in [0, 0.1) is 0 Å². The number of ether oxygens (including phenoxy) is 1. The highest BCUT2D eigenvalue weighted by molar-refractivity contribution is 7.99. The second-order valence-electron chi connectivity index (χ2n) is 5.52. The summed E-state index contributed by atoms with van der Waals surface area (Å²) in [4.78, 5) is 20.8. The van der Waals surface area contributed by atoms with Crippen molar-refractivity contribution in [1.29, 1.82) is 0 Å². The molecule has 0 aliphatic heterocycles. The van der Waals surface area contributed by atoms with Crippen LogP contribution in [0.25, 0.3) is 21.7 Å². The van der Waals surface area contributed by atoms with Crippen molar-refractivity contribution >= 4 is 51.8 Å². The summed E-state index contributed by atoms with van der Waals surface area (Å²) < 4.78 is 10.9. The van der Waals surface area contributed by atoms with Gasteiger partial charge < -0.3 is 9.15 Å². The number of rotatable bonds is 6. The van der Waals surface area contributed by atoms with Crippen molar-refractivity contribution in [3.05, 3.63) is 64.6 Å². The summed E-state index contributed by atoms with van der Waals surface area (Å²) >= 11 is 8.86. The maximum atomic E-state index is 12.0. The van der Waals surface area contributed by atoms with Crippen molar-refractivity contribution < 1.29 is 13.9 Å². The van der Waals surface area contributed by atoms with Crippen LogP contribution in [-0.2, 0) is 16.1 Å². The highest BCUT2D eigenvalue weighted by Crippen LogP contribution is 2.30. The van der Waals surface area contributed by atoms with Crippen LogP contribution in [0.4, 0.5) is 0 Å². The first-order valence-corrected chi connectivity index (χ1v) is 10.3. The van der Waals surface area contributed by atoms with E-state index in [0.717, 1.165) is 16.1 Å². The number of carbonyl (C=O) groups excluding carboxylic acids is 1. The lowest BCUT2D eigenvalue weighted by molar-refractivity contribution is -0.141. The Hall–Kier alpha value is -2.35. The van der Waals surface area contributed by atoms with Gasteiger partial charge in [-0.2, -0.15) is 0 Å². The zero-order valence-corrected chi connectivity index (χ0v) is 16.3. The molecule has 0 bridgehead atoms. The van der Waals surface area contributed by atoms with Crippen molar-refractivity contribution in [2.24, 2.45) is 0 Å². The predicted molar refractivity (Wildman–Crippen MR) is 107 cm³/mol. The SMILES string of the molecule is O=C(CSc1nc2ccccc2o1)OCc1csc(-c2ccccc2Cl)n1. The summed E-state index contributed by atoms with van der Waals surface area (Å²) in [6.07, 6.45) is 0. The zero-order chi connectivity index (χ0) is 18.6. The maximum absolute atomic E-state index is 12.0. The summed E-state index contributed by atoms with van der Waals surface area (Å²) in [5.74, 6) is -0.233. The topological polar surface area (TPSA) is 65.2 Å². The summed E-state index contributed by atoms with van der Waals surface area (Å²) in [6, 6.07) is 15.0. The molecule has 0 atom stereocenters. The van der Waals surface area contributed by atoms with Gasteiger partial charge in [-0.1, -0.05) is 53.7 Å². The lowest BCUT2D eigenvalue weighted by Gasteiger charge is -2.01. The van der Waals surface area contributed by atoms with Gasteiger partial charge in [-0.15, -0.1) is 11.3 Å². The van der Waals surface area contributed by atoms with E-state index in [1.807, 2.05) is 53.9 Å². The highest BCUT2D eigenvalue weighted by atomic mass is 35.5. The van der Waals surface area contributed by atoms with Gasteiger partial charge in [-0.25, -0.2) is 9.97 Å². The van der Waals surface area contributed by atoms with Gasteiger partial charge in [0.1, 0.15) is 22.9 Å². The van der Waals surface area contributed by atoms with E-state index in [4.69, 9.17) is 20.8 Å². The average molecular weight is 417 g/mol. The molecule has 27 heavy (non-hydrogen) atoms. The lowest BCUT2D eigenvalue weighted by Crippen LogP contribution is -2.07. The maximum Gasteiger partial charge on any atom is 0.316 e. The van der Waals surface area contributed by atoms with E-state index >= 15 is 0 Å². The van der Waals surface area contributed by atoms with Crippen molar-refractivity contribution in [3.63, 3.8) is 0 Å². The number of oxazole rings is 1. The van der Waals surface area contributed by atoms with Crippen molar-refractivity contribution in [1.82, 2.24) is 9.97 Å². The molecule has 4 rings (SSSR count). The molecule has 2 aromatic heterocycles. The van der Waals surface area contributed by atoms with Crippen molar-refractivity contribution in [3.8, 4) is 10.6 Å². The molecule has 0 radical (unpaired) electrons. The minimum Gasteiger partial charge on any atom is -0.459 e. The van der Waals surface area contributed by atoms with E-state index in [0.29, 0.717) is 21.5 Å². The van der Waals surface area contributed by atoms with Crippen LogP contribution in [0.15, 0.2) is 63.6 Å². The fraction of sp³-hybridized carbons (Fsp3) is 0.105. The third-order valence-corrected chi connectivity index (χ3v) is 5.68. The highest BCUT2D eigenvalue weighted by Gasteiger charge is 2.12. The average Bonchev–Trinajstić information content (AvgIpc) is 3.31. The number of hydrogen-bond donors (Lipinski definition) is 0. The molecule has 0 aliphatic carbocycles. The molecule has 2 aromatic carbocycles. The quantitative estimate of drug-likeness (QED) is 0.308. The Balaban J connectivity index is 1.31. The smallest absolute Gasteiger partial charge is 0.316 e. The molecular weight excluding hydrogens is 404 g/mol. The predicted octanol–water partition coefficient (Wildman–Crippen LogP) is 5.44. The second kappa shape index (κ2) is 8.12. The third-order valence-electron chi connectivity index (χ3n) is 3.62. The Morgan fingerprint density at radius 3 is 2.81 bits per heavy atom. The number of thioether (sulfide) groups is 1. The minimum absolute atomic E-state index is 0.119. The van der Waals surface area contributed by atoms with E-state index in [1.54, 1.807) is 0 Å². The molecular formula is C19H13ClN2O3S2. The van der Waals surface area contributed by atoms with Gasteiger partial charge >= 0.3 is 5.97 Å². The first-order valence-electron chi connectivity index (χ1n) is 8.02. The standard InChI is InChI=1S/C19H13ClN2O3S2/c20-14-6-2-1-5-13(14)18-21-12(10-26-18)9-24-17(23)11-27-19-22-15-7-3-4-8-16(15)25-19/h1-8,10H,9,11H2. The Morgan fingerprint density at radius 2 is 1.96 bits per heavy atom. The molecule has 0 unspecified atom stereocenters. The van der Waals surface area contributed by atoms with Crippen molar-refractivity contribution in [2.75, 3.05) is 5.75 Å². The summed E-state index contributed by atoms with van der Waals surface area (Å²) in [5.41, 5.74) is 3.02. The van der Waals surface area contributed by atoms with Crippen LogP contribution in [-0.4, -0.2) is 21.7 Å². The number of halogens is 1. The normalized spacial score (nSPS) is 11.0. The molecule has 2 heterocycles. The monoisotopic (exact) mass is 416 g/mol. The molecule has 0 amide bonds. The van der Waals surface area contributed by atoms with Crippen LogP contribution >= 0.6 is 34.7 Å². The number of esters is 1. The van der Waals surface area contributed by atoms with Gasteiger partial charge in [0.2, 0.25) is 0 Å². The van der Waals surface area contributed by atoms with Crippen LogP contribution < -0.4 is 0 Å². The molecule has 0 saturated heterocycles. The molecule has 136 valence electrons. The number of fused-ring (bicyclic) bond motifs is 1. The number of nitrogens with zero attached hydrogens (tertiary/aromatic N) is 2. The van der Waals surface area contributed by atoms with Crippen LogP contribution in [0.2, 0.25) is 5.02 Å². The molecule has 5 nitrogen and oxygen atoms in total. The van der Waals surface area contributed by atoms with Gasteiger partial charge in [-0.3, -0.25) is 4.79 Å². The van der Waals surface area contributed by atoms with Crippen LogP contribution in [0.1, 0.15) is 5.69 Å². The van der Waals surface area contributed by atoms with Gasteiger partial charge in [0.15, 0.2) is 5.58 Å². The number of thiazole rings is 1. The molecule has 0 aliphatic rings. The summed E-state index contributed by atoms with van der Waals surface area (Å²) in [5, 5.41) is 3.75. The molecule has 0 N–H and O–H groups in total. The summed E-state index contributed by atoms with van der Waals surface area (Å²) in [7, 11) is 0. The Labute approximate surface area is 168 Å². The Morgan fingerprint density at radius 1 is 1.15 bits per heavy atom. The molecule has 8 heteroatoms. The first kappa shape index (κ1) is 18.0. The van der Waals surface area contributed by atoms with E-state index < -0.39 is 0 Å².